The molecule has 82 valence electrons. The lowest BCUT2D eigenvalue weighted by Crippen LogP contribution is -2.28. The lowest BCUT2D eigenvalue weighted by molar-refractivity contribution is 0.0949. The molecule has 0 atom stereocenters. The molecule has 16 heavy (non-hydrogen) atoms. The van der Waals surface area contributed by atoms with Gasteiger partial charge in [-0.2, -0.15) is 5.10 Å². The van der Waals surface area contributed by atoms with Crippen LogP contribution in [0.1, 0.15) is 16.1 Å². The summed E-state index contributed by atoms with van der Waals surface area (Å²) in [6, 6.07) is 4.82. The summed E-state index contributed by atoms with van der Waals surface area (Å²) in [6.45, 7) is 0.313. The predicted octanol–water partition coefficient (Wildman–Crippen LogP) is 0.0280. The Balaban J connectivity index is 2.04. The molecule has 0 radical (unpaired) electrons. The van der Waals surface area contributed by atoms with Gasteiger partial charge in [-0.3, -0.25) is 14.7 Å². The maximum Gasteiger partial charge on any atom is 0.260 e. The third kappa shape index (κ3) is 2.17. The second-order valence-electron chi connectivity index (χ2n) is 3.18. The molecule has 0 unspecified atom stereocenters. The number of rotatable bonds is 3. The summed E-state index contributed by atoms with van der Waals surface area (Å²) in [7, 11) is 0. The molecule has 0 saturated carbocycles. The predicted molar refractivity (Wildman–Crippen MR) is 56.8 cm³/mol. The second kappa shape index (κ2) is 4.43. The molecule has 6 heteroatoms. The number of amides is 1. The monoisotopic (exact) mass is 218 g/mol. The van der Waals surface area contributed by atoms with Crippen molar-refractivity contribution < 1.29 is 4.79 Å². The van der Waals surface area contributed by atoms with Crippen molar-refractivity contribution in [1.29, 1.82) is 0 Å². The van der Waals surface area contributed by atoms with E-state index in [4.69, 9.17) is 0 Å². The minimum Gasteiger partial charge on any atom is -0.346 e. The van der Waals surface area contributed by atoms with Crippen LogP contribution in [-0.2, 0) is 6.54 Å². The van der Waals surface area contributed by atoms with E-state index in [2.05, 4.69) is 20.5 Å². The first kappa shape index (κ1) is 10.2. The zero-order valence-corrected chi connectivity index (χ0v) is 8.36. The quantitative estimate of drug-likeness (QED) is 0.678. The molecule has 2 aromatic rings. The average Bonchev–Trinajstić information content (AvgIpc) is 2.79. The number of hydrogen-bond donors (Lipinski definition) is 3. The van der Waals surface area contributed by atoms with Crippen molar-refractivity contribution in [3.8, 4) is 0 Å². The highest BCUT2D eigenvalue weighted by Gasteiger charge is 2.08. The Labute approximate surface area is 90.7 Å². The van der Waals surface area contributed by atoms with Crippen molar-refractivity contribution >= 4 is 5.91 Å². The van der Waals surface area contributed by atoms with Crippen LogP contribution in [0.25, 0.3) is 0 Å². The lowest BCUT2D eigenvalue weighted by Gasteiger charge is -2.01. The molecule has 0 fully saturated rings. The summed E-state index contributed by atoms with van der Waals surface area (Å²) < 4.78 is 0. The summed E-state index contributed by atoms with van der Waals surface area (Å²) in [5.74, 6) is -0.406. The standard InChI is InChI=1S/C10H10N4O2/c15-9-8(2-1-4-11-9)10(16)12-6-7-3-5-13-14-7/h1-5H,6H2,(H,11,15)(H,12,16)(H,13,14). The number of aromatic nitrogens is 3. The van der Waals surface area contributed by atoms with Gasteiger partial charge in [-0.05, 0) is 18.2 Å². The number of pyridine rings is 1. The van der Waals surface area contributed by atoms with Crippen LogP contribution < -0.4 is 10.9 Å². The Morgan fingerprint density at radius 1 is 1.44 bits per heavy atom. The highest BCUT2D eigenvalue weighted by molar-refractivity contribution is 5.93. The van der Waals surface area contributed by atoms with Crippen molar-refractivity contribution in [3.05, 3.63) is 52.2 Å². The summed E-state index contributed by atoms with van der Waals surface area (Å²) in [5, 5.41) is 9.07. The lowest BCUT2D eigenvalue weighted by atomic mass is 10.2. The van der Waals surface area contributed by atoms with E-state index in [9.17, 15) is 9.59 Å². The van der Waals surface area contributed by atoms with Gasteiger partial charge >= 0.3 is 0 Å². The molecule has 0 aromatic carbocycles. The third-order valence-corrected chi connectivity index (χ3v) is 2.06. The minimum absolute atomic E-state index is 0.0991. The topological polar surface area (TPSA) is 90.6 Å². The van der Waals surface area contributed by atoms with Crippen molar-refractivity contribution in [3.63, 3.8) is 0 Å². The summed E-state index contributed by atoms with van der Waals surface area (Å²) in [4.78, 5) is 25.3. The van der Waals surface area contributed by atoms with E-state index in [1.807, 2.05) is 0 Å². The van der Waals surface area contributed by atoms with E-state index in [0.29, 0.717) is 6.54 Å². The van der Waals surface area contributed by atoms with E-state index in [1.165, 1.54) is 12.3 Å². The summed E-state index contributed by atoms with van der Waals surface area (Å²) >= 11 is 0. The second-order valence-corrected chi connectivity index (χ2v) is 3.18. The van der Waals surface area contributed by atoms with E-state index in [-0.39, 0.29) is 5.56 Å². The van der Waals surface area contributed by atoms with Gasteiger partial charge in [0.25, 0.3) is 11.5 Å². The maximum atomic E-state index is 11.6. The Morgan fingerprint density at radius 2 is 2.31 bits per heavy atom. The van der Waals surface area contributed by atoms with Gasteiger partial charge in [0.05, 0.1) is 12.2 Å². The fourth-order valence-electron chi connectivity index (χ4n) is 1.25. The molecular weight excluding hydrogens is 208 g/mol. The van der Waals surface area contributed by atoms with Crippen LogP contribution in [0.5, 0.6) is 0 Å². The van der Waals surface area contributed by atoms with E-state index >= 15 is 0 Å². The molecule has 6 nitrogen and oxygen atoms in total. The number of aromatic amines is 2. The number of carbonyl (C=O) groups is 1. The van der Waals surface area contributed by atoms with E-state index < -0.39 is 11.5 Å². The number of hydrogen-bond acceptors (Lipinski definition) is 3. The molecule has 0 spiro atoms. The van der Waals surface area contributed by atoms with Crippen LogP contribution in [0.15, 0.2) is 35.4 Å². The smallest absolute Gasteiger partial charge is 0.260 e. The summed E-state index contributed by atoms with van der Waals surface area (Å²) in [5.41, 5.74) is 0.479. The SMILES string of the molecule is O=C(NCc1ccn[nH]1)c1ccc[nH]c1=O. The first-order valence-electron chi connectivity index (χ1n) is 4.71. The average molecular weight is 218 g/mol. The largest absolute Gasteiger partial charge is 0.346 e. The van der Waals surface area contributed by atoms with Gasteiger partial charge in [0.2, 0.25) is 0 Å². The highest BCUT2D eigenvalue weighted by Crippen LogP contribution is 1.93. The maximum absolute atomic E-state index is 11.6. The van der Waals surface area contributed by atoms with Crippen LogP contribution in [0, 0.1) is 0 Å². The van der Waals surface area contributed by atoms with Crippen LogP contribution in [-0.4, -0.2) is 21.1 Å². The van der Waals surface area contributed by atoms with Gasteiger partial charge in [0, 0.05) is 12.4 Å². The van der Waals surface area contributed by atoms with Crippen LogP contribution in [0.3, 0.4) is 0 Å². The van der Waals surface area contributed by atoms with Gasteiger partial charge in [0.1, 0.15) is 5.56 Å². The van der Waals surface area contributed by atoms with Gasteiger partial charge < -0.3 is 10.3 Å². The van der Waals surface area contributed by atoms with Crippen molar-refractivity contribution in [1.82, 2.24) is 20.5 Å². The zero-order chi connectivity index (χ0) is 11.4. The number of H-pyrrole nitrogens is 2. The Hall–Kier alpha value is -2.37. The van der Waals surface area contributed by atoms with Gasteiger partial charge in [-0.1, -0.05) is 0 Å². The highest BCUT2D eigenvalue weighted by atomic mass is 16.2. The molecule has 0 saturated heterocycles. The normalized spacial score (nSPS) is 10.0. The molecule has 0 aliphatic rings. The van der Waals surface area contributed by atoms with Gasteiger partial charge in [0.15, 0.2) is 0 Å². The molecule has 2 rings (SSSR count). The fourth-order valence-corrected chi connectivity index (χ4v) is 1.25. The van der Waals surface area contributed by atoms with Crippen LogP contribution in [0.4, 0.5) is 0 Å². The van der Waals surface area contributed by atoms with E-state index in [1.54, 1.807) is 18.3 Å². The van der Waals surface area contributed by atoms with Crippen molar-refractivity contribution in [2.24, 2.45) is 0 Å². The molecule has 2 aromatic heterocycles. The fraction of sp³-hybridized carbons (Fsp3) is 0.100. The first-order chi connectivity index (χ1) is 7.77. The first-order valence-corrected chi connectivity index (χ1v) is 4.71. The van der Waals surface area contributed by atoms with Crippen LogP contribution >= 0.6 is 0 Å². The molecule has 0 aliphatic heterocycles. The van der Waals surface area contributed by atoms with Crippen LogP contribution in [0.2, 0.25) is 0 Å². The molecule has 3 N–H and O–H groups in total. The van der Waals surface area contributed by atoms with E-state index in [0.717, 1.165) is 5.69 Å². The molecular formula is C10H10N4O2. The number of nitrogens with one attached hydrogen (secondary N) is 3. The van der Waals surface area contributed by atoms with Gasteiger partial charge in [-0.15, -0.1) is 0 Å². The molecule has 1 amide bonds. The van der Waals surface area contributed by atoms with Crippen molar-refractivity contribution in [2.75, 3.05) is 0 Å². The number of carbonyl (C=O) groups excluding carboxylic acids is 1. The zero-order valence-electron chi connectivity index (χ0n) is 8.36. The third-order valence-electron chi connectivity index (χ3n) is 2.06. The molecule has 0 aliphatic carbocycles. The Morgan fingerprint density at radius 3 is 3.00 bits per heavy atom. The van der Waals surface area contributed by atoms with Gasteiger partial charge in [-0.25, -0.2) is 0 Å². The number of nitrogens with zero attached hydrogens (tertiary/aromatic N) is 1. The van der Waals surface area contributed by atoms with Crippen molar-refractivity contribution in [2.45, 2.75) is 6.54 Å². The minimum atomic E-state index is -0.406. The summed E-state index contributed by atoms with van der Waals surface area (Å²) in [6.07, 6.45) is 3.07. The molecule has 0 bridgehead atoms. The Kier molecular flexibility index (Phi) is 2.81. The molecule has 2 heterocycles. The Bertz CT molecular complexity index is 530.